The van der Waals surface area contributed by atoms with Crippen LogP contribution in [0.2, 0.25) is 0 Å². The van der Waals surface area contributed by atoms with Crippen LogP contribution in [0.3, 0.4) is 0 Å². The Kier molecular flexibility index (Phi) is 3.71. The minimum absolute atomic E-state index is 0.296. The van der Waals surface area contributed by atoms with Gasteiger partial charge < -0.3 is 9.84 Å². The Bertz CT molecular complexity index is 456. The lowest BCUT2D eigenvalue weighted by Crippen LogP contribution is -2.06. The number of carbonyl (C=O) groups is 2. The molecule has 1 rings (SSSR count). The number of carboxylic acid groups (broad SMARTS) is 1. The number of esters is 1. The standard InChI is InChI=1S/C10H8FNO4/c1-16-10(15)7-4-6(2-3-8(13)14)5-12-9(7)11/h2-5H,1H3,(H,13,14). The van der Waals surface area contributed by atoms with Gasteiger partial charge in [-0.25, -0.2) is 14.6 Å². The molecule has 0 fully saturated rings. The highest BCUT2D eigenvalue weighted by Crippen LogP contribution is 2.10. The molecule has 5 nitrogen and oxygen atoms in total. The molecule has 0 aromatic carbocycles. The number of carboxylic acids is 1. The van der Waals surface area contributed by atoms with E-state index in [1.807, 2.05) is 0 Å². The van der Waals surface area contributed by atoms with E-state index in [9.17, 15) is 14.0 Å². The van der Waals surface area contributed by atoms with Crippen LogP contribution in [0.15, 0.2) is 18.3 Å². The number of ether oxygens (including phenoxy) is 1. The third-order valence-corrected chi connectivity index (χ3v) is 1.68. The number of nitrogens with zero attached hydrogens (tertiary/aromatic N) is 1. The van der Waals surface area contributed by atoms with Gasteiger partial charge in [-0.3, -0.25) is 0 Å². The summed E-state index contributed by atoms with van der Waals surface area (Å²) in [7, 11) is 1.11. The minimum Gasteiger partial charge on any atom is -0.478 e. The molecular formula is C10H8FNO4. The number of pyridine rings is 1. The van der Waals surface area contributed by atoms with Crippen molar-refractivity contribution in [2.24, 2.45) is 0 Å². The smallest absolute Gasteiger partial charge is 0.342 e. The minimum atomic E-state index is -1.15. The number of methoxy groups -OCH3 is 1. The van der Waals surface area contributed by atoms with Crippen molar-refractivity contribution in [2.75, 3.05) is 7.11 Å². The molecule has 0 atom stereocenters. The number of hydrogen-bond donors (Lipinski definition) is 1. The Hall–Kier alpha value is -2.24. The molecule has 0 aliphatic heterocycles. The van der Waals surface area contributed by atoms with Gasteiger partial charge in [-0.05, 0) is 17.7 Å². The second-order valence-corrected chi connectivity index (χ2v) is 2.77. The second-order valence-electron chi connectivity index (χ2n) is 2.77. The average molecular weight is 225 g/mol. The van der Waals surface area contributed by atoms with E-state index in [1.54, 1.807) is 0 Å². The topological polar surface area (TPSA) is 76.5 Å². The summed E-state index contributed by atoms with van der Waals surface area (Å²) in [6, 6.07) is 1.16. The summed E-state index contributed by atoms with van der Waals surface area (Å²) in [6.07, 6.45) is 3.17. The largest absolute Gasteiger partial charge is 0.478 e. The molecule has 6 heteroatoms. The first-order chi connectivity index (χ1) is 7.54. The molecule has 0 aliphatic carbocycles. The van der Waals surface area contributed by atoms with Crippen molar-refractivity contribution in [1.29, 1.82) is 0 Å². The summed E-state index contributed by atoms with van der Waals surface area (Å²) >= 11 is 0. The van der Waals surface area contributed by atoms with E-state index in [4.69, 9.17) is 5.11 Å². The van der Waals surface area contributed by atoms with Gasteiger partial charge in [0, 0.05) is 12.3 Å². The number of halogens is 1. The van der Waals surface area contributed by atoms with Gasteiger partial charge in [0.25, 0.3) is 0 Å². The molecule has 16 heavy (non-hydrogen) atoms. The first-order valence-corrected chi connectivity index (χ1v) is 4.19. The van der Waals surface area contributed by atoms with Crippen LogP contribution in [0.25, 0.3) is 6.08 Å². The van der Waals surface area contributed by atoms with Crippen molar-refractivity contribution in [2.45, 2.75) is 0 Å². The monoisotopic (exact) mass is 225 g/mol. The lowest BCUT2D eigenvalue weighted by molar-refractivity contribution is -0.131. The summed E-state index contributed by atoms with van der Waals surface area (Å²) < 4.78 is 17.4. The summed E-state index contributed by atoms with van der Waals surface area (Å²) in [5.74, 6) is -2.97. The average Bonchev–Trinajstić information content (AvgIpc) is 2.27. The molecule has 0 spiro atoms. The summed E-state index contributed by atoms with van der Waals surface area (Å²) in [4.78, 5) is 24.6. The van der Waals surface area contributed by atoms with Crippen LogP contribution in [-0.4, -0.2) is 29.1 Å². The number of aromatic nitrogens is 1. The Balaban J connectivity index is 3.07. The van der Waals surface area contributed by atoms with Crippen LogP contribution in [0, 0.1) is 5.95 Å². The number of hydrogen-bond acceptors (Lipinski definition) is 4. The van der Waals surface area contributed by atoms with Gasteiger partial charge in [0.15, 0.2) is 0 Å². The molecule has 1 aromatic rings. The van der Waals surface area contributed by atoms with Crippen LogP contribution in [0.4, 0.5) is 4.39 Å². The van der Waals surface area contributed by atoms with E-state index in [2.05, 4.69) is 9.72 Å². The highest BCUT2D eigenvalue weighted by Gasteiger charge is 2.13. The fraction of sp³-hybridized carbons (Fsp3) is 0.100. The fourth-order valence-electron chi connectivity index (χ4n) is 0.976. The van der Waals surface area contributed by atoms with E-state index in [0.29, 0.717) is 5.56 Å². The van der Waals surface area contributed by atoms with E-state index in [1.165, 1.54) is 6.08 Å². The first kappa shape index (κ1) is 11.8. The molecule has 1 aromatic heterocycles. The third kappa shape index (κ3) is 2.88. The zero-order valence-corrected chi connectivity index (χ0v) is 8.31. The molecule has 0 aliphatic rings. The summed E-state index contributed by atoms with van der Waals surface area (Å²) in [5, 5.41) is 8.38. The SMILES string of the molecule is COC(=O)c1cc(C=CC(=O)O)cnc1F. The van der Waals surface area contributed by atoms with Gasteiger partial charge in [0.1, 0.15) is 5.56 Å². The Morgan fingerprint density at radius 1 is 1.56 bits per heavy atom. The predicted molar refractivity (Wildman–Crippen MR) is 52.2 cm³/mol. The lowest BCUT2D eigenvalue weighted by atomic mass is 10.2. The molecule has 0 unspecified atom stereocenters. The molecule has 0 saturated heterocycles. The van der Waals surface area contributed by atoms with Crippen molar-refractivity contribution in [3.05, 3.63) is 35.4 Å². The van der Waals surface area contributed by atoms with Crippen molar-refractivity contribution >= 4 is 18.0 Å². The fourth-order valence-corrected chi connectivity index (χ4v) is 0.976. The van der Waals surface area contributed by atoms with E-state index < -0.39 is 17.9 Å². The van der Waals surface area contributed by atoms with Crippen molar-refractivity contribution in [3.8, 4) is 0 Å². The molecule has 0 saturated carbocycles. The predicted octanol–water partition coefficient (Wildman–Crippen LogP) is 1.11. The van der Waals surface area contributed by atoms with Gasteiger partial charge >= 0.3 is 11.9 Å². The maximum absolute atomic E-state index is 13.1. The van der Waals surface area contributed by atoms with Crippen LogP contribution in [0.5, 0.6) is 0 Å². The Labute approximate surface area is 90.2 Å². The zero-order valence-electron chi connectivity index (χ0n) is 8.31. The van der Waals surface area contributed by atoms with Crippen LogP contribution < -0.4 is 0 Å². The molecule has 1 N–H and O–H groups in total. The van der Waals surface area contributed by atoms with E-state index in [-0.39, 0.29) is 5.56 Å². The van der Waals surface area contributed by atoms with Crippen LogP contribution in [0.1, 0.15) is 15.9 Å². The quantitative estimate of drug-likeness (QED) is 0.473. The molecule has 1 heterocycles. The molecule has 0 bridgehead atoms. The molecular weight excluding hydrogens is 217 g/mol. The Morgan fingerprint density at radius 2 is 2.25 bits per heavy atom. The van der Waals surface area contributed by atoms with Gasteiger partial charge in [-0.2, -0.15) is 4.39 Å². The maximum atomic E-state index is 13.1. The maximum Gasteiger partial charge on any atom is 0.342 e. The van der Waals surface area contributed by atoms with Crippen LogP contribution >= 0.6 is 0 Å². The van der Waals surface area contributed by atoms with Crippen molar-refractivity contribution in [3.63, 3.8) is 0 Å². The van der Waals surface area contributed by atoms with E-state index in [0.717, 1.165) is 25.4 Å². The lowest BCUT2D eigenvalue weighted by Gasteiger charge is -2.01. The van der Waals surface area contributed by atoms with Crippen LogP contribution in [-0.2, 0) is 9.53 Å². The number of carbonyl (C=O) groups excluding carboxylic acids is 1. The van der Waals surface area contributed by atoms with E-state index >= 15 is 0 Å². The van der Waals surface area contributed by atoms with Gasteiger partial charge in [0.05, 0.1) is 7.11 Å². The molecule has 0 amide bonds. The summed E-state index contributed by atoms with van der Waals surface area (Å²) in [5.41, 5.74) is -0.0424. The highest BCUT2D eigenvalue weighted by molar-refractivity contribution is 5.90. The highest BCUT2D eigenvalue weighted by atomic mass is 19.1. The van der Waals surface area contributed by atoms with Gasteiger partial charge in [0.2, 0.25) is 5.95 Å². The summed E-state index contributed by atoms with van der Waals surface area (Å²) in [6.45, 7) is 0. The molecule has 0 radical (unpaired) electrons. The zero-order chi connectivity index (χ0) is 12.1. The second kappa shape index (κ2) is 5.01. The van der Waals surface area contributed by atoms with Crippen molar-refractivity contribution in [1.82, 2.24) is 4.98 Å². The normalized spacial score (nSPS) is 10.4. The first-order valence-electron chi connectivity index (χ1n) is 4.19. The van der Waals surface area contributed by atoms with Crippen molar-refractivity contribution < 1.29 is 23.8 Å². The van der Waals surface area contributed by atoms with Gasteiger partial charge in [-0.1, -0.05) is 0 Å². The number of rotatable bonds is 3. The van der Waals surface area contributed by atoms with Gasteiger partial charge in [-0.15, -0.1) is 0 Å². The molecule has 84 valence electrons. The third-order valence-electron chi connectivity index (χ3n) is 1.68. The Morgan fingerprint density at radius 3 is 2.81 bits per heavy atom. The number of aliphatic carboxylic acids is 1.